The molecule has 0 aliphatic carbocycles. The average Bonchev–Trinajstić information content (AvgIpc) is 2.70. The van der Waals surface area contributed by atoms with Gasteiger partial charge in [-0.3, -0.25) is 4.79 Å². The Morgan fingerprint density at radius 3 is 2.59 bits per heavy atom. The van der Waals surface area contributed by atoms with Crippen LogP contribution in [0.2, 0.25) is 0 Å². The van der Waals surface area contributed by atoms with E-state index in [0.717, 1.165) is 11.5 Å². The zero-order chi connectivity index (χ0) is 13.0. The fourth-order valence-electron chi connectivity index (χ4n) is 1.33. The molecule has 0 aromatic carbocycles. The molecule has 94 valence electrons. The number of aliphatic carboxylic acids is 1. The zero-order valence-electron chi connectivity index (χ0n) is 9.93. The van der Waals surface area contributed by atoms with E-state index in [0.29, 0.717) is 17.0 Å². The summed E-state index contributed by atoms with van der Waals surface area (Å²) in [4.78, 5) is 23.2. The molecule has 0 saturated carbocycles. The van der Waals surface area contributed by atoms with Crippen molar-refractivity contribution in [2.75, 3.05) is 0 Å². The molecule has 0 spiro atoms. The van der Waals surface area contributed by atoms with Crippen molar-refractivity contribution in [2.45, 2.75) is 33.2 Å². The number of carbonyl (C=O) groups excluding carboxylic acids is 1. The molecule has 6 nitrogen and oxygen atoms in total. The predicted molar refractivity (Wildman–Crippen MR) is 63.0 cm³/mol. The molecule has 1 aromatic rings. The second kappa shape index (κ2) is 5.72. The van der Waals surface area contributed by atoms with Crippen LogP contribution in [0.4, 0.5) is 0 Å². The van der Waals surface area contributed by atoms with Crippen molar-refractivity contribution in [3.8, 4) is 0 Å². The summed E-state index contributed by atoms with van der Waals surface area (Å²) in [5.41, 5.74) is 0.515. The molecule has 0 fully saturated rings. The van der Waals surface area contributed by atoms with Gasteiger partial charge in [0, 0.05) is 0 Å². The van der Waals surface area contributed by atoms with Crippen molar-refractivity contribution < 1.29 is 14.7 Å². The molecule has 0 aliphatic heterocycles. The largest absolute Gasteiger partial charge is 0.480 e. The lowest BCUT2D eigenvalue weighted by Crippen LogP contribution is -2.44. The second-order valence-corrected chi connectivity index (χ2v) is 4.62. The highest BCUT2D eigenvalue weighted by Crippen LogP contribution is 2.12. The van der Waals surface area contributed by atoms with Crippen LogP contribution in [0.25, 0.3) is 0 Å². The smallest absolute Gasteiger partial charge is 0.326 e. The number of amides is 1. The predicted octanol–water partition coefficient (Wildman–Crippen LogP) is 1.08. The maximum absolute atomic E-state index is 11.8. The Hall–Kier alpha value is -1.50. The fourth-order valence-corrected chi connectivity index (χ4v) is 1.89. The maximum Gasteiger partial charge on any atom is 0.326 e. The highest BCUT2D eigenvalue weighted by atomic mass is 32.1. The van der Waals surface area contributed by atoms with Gasteiger partial charge in [-0.05, 0) is 24.4 Å². The number of hydrogen-bond acceptors (Lipinski definition) is 5. The Labute approximate surface area is 103 Å². The van der Waals surface area contributed by atoms with E-state index in [1.165, 1.54) is 0 Å². The summed E-state index contributed by atoms with van der Waals surface area (Å²) >= 11 is 0.965. The van der Waals surface area contributed by atoms with Gasteiger partial charge < -0.3 is 10.4 Å². The van der Waals surface area contributed by atoms with Crippen LogP contribution in [0.1, 0.15) is 35.6 Å². The van der Waals surface area contributed by atoms with Crippen LogP contribution < -0.4 is 5.32 Å². The normalized spacial score (nSPS) is 14.1. The van der Waals surface area contributed by atoms with Crippen molar-refractivity contribution in [3.05, 3.63) is 10.6 Å². The monoisotopic (exact) mass is 257 g/mol. The van der Waals surface area contributed by atoms with Gasteiger partial charge in [-0.15, -0.1) is 5.10 Å². The summed E-state index contributed by atoms with van der Waals surface area (Å²) in [5.74, 6) is -1.58. The maximum atomic E-state index is 11.8. The molecule has 2 N–H and O–H groups in total. The molecular weight excluding hydrogens is 242 g/mol. The molecule has 0 bridgehead atoms. The van der Waals surface area contributed by atoms with E-state index < -0.39 is 17.9 Å². The summed E-state index contributed by atoms with van der Waals surface area (Å²) in [7, 11) is 0. The van der Waals surface area contributed by atoms with Crippen molar-refractivity contribution in [3.63, 3.8) is 0 Å². The molecule has 1 amide bonds. The third-order valence-corrected chi connectivity index (χ3v) is 3.45. The molecule has 0 radical (unpaired) electrons. The fraction of sp³-hybridized carbons (Fsp3) is 0.600. The number of aryl methyl sites for hydroxylation is 1. The van der Waals surface area contributed by atoms with Crippen LogP contribution in [-0.4, -0.2) is 32.6 Å². The van der Waals surface area contributed by atoms with E-state index in [-0.39, 0.29) is 5.92 Å². The topological polar surface area (TPSA) is 92.2 Å². The van der Waals surface area contributed by atoms with Gasteiger partial charge in [0.15, 0.2) is 0 Å². The van der Waals surface area contributed by atoms with Gasteiger partial charge in [-0.25, -0.2) is 4.79 Å². The lowest BCUT2D eigenvalue weighted by molar-refractivity contribution is -0.140. The molecule has 0 unspecified atom stereocenters. The number of nitrogens with one attached hydrogen (secondary N) is 1. The Morgan fingerprint density at radius 1 is 1.53 bits per heavy atom. The summed E-state index contributed by atoms with van der Waals surface area (Å²) < 4.78 is 3.64. The number of carbonyl (C=O) groups is 2. The van der Waals surface area contributed by atoms with Gasteiger partial charge in [0.25, 0.3) is 5.91 Å². The summed E-state index contributed by atoms with van der Waals surface area (Å²) in [6.07, 6.45) is 0.678. The first kappa shape index (κ1) is 13.6. The summed E-state index contributed by atoms with van der Waals surface area (Å²) in [6, 6.07) is -0.881. The molecule has 1 aromatic heterocycles. The van der Waals surface area contributed by atoms with E-state index in [1.54, 1.807) is 13.8 Å². The van der Waals surface area contributed by atoms with Crippen LogP contribution in [0.5, 0.6) is 0 Å². The number of carboxylic acids is 1. The minimum absolute atomic E-state index is 0.127. The van der Waals surface area contributed by atoms with Crippen molar-refractivity contribution in [1.29, 1.82) is 0 Å². The first-order valence-electron chi connectivity index (χ1n) is 5.30. The number of aromatic nitrogens is 2. The summed E-state index contributed by atoms with van der Waals surface area (Å²) in [6.45, 7) is 5.33. The van der Waals surface area contributed by atoms with Gasteiger partial charge in [0.1, 0.15) is 10.9 Å². The molecular formula is C10H15N3O3S. The van der Waals surface area contributed by atoms with Gasteiger partial charge in [0.2, 0.25) is 0 Å². The highest BCUT2D eigenvalue weighted by molar-refractivity contribution is 7.08. The molecule has 1 rings (SSSR count). The minimum Gasteiger partial charge on any atom is -0.480 e. The zero-order valence-corrected chi connectivity index (χ0v) is 10.7. The van der Waals surface area contributed by atoms with Crippen LogP contribution in [0.3, 0.4) is 0 Å². The van der Waals surface area contributed by atoms with E-state index in [2.05, 4.69) is 14.9 Å². The molecule has 7 heteroatoms. The Balaban J connectivity index is 2.78. The first-order chi connectivity index (χ1) is 7.97. The minimum atomic E-state index is -1.03. The van der Waals surface area contributed by atoms with Crippen molar-refractivity contribution in [2.24, 2.45) is 5.92 Å². The number of hydrogen-bond donors (Lipinski definition) is 2. The quantitative estimate of drug-likeness (QED) is 0.823. The lowest BCUT2D eigenvalue weighted by Gasteiger charge is -2.19. The summed E-state index contributed by atoms with van der Waals surface area (Å²) in [5, 5.41) is 15.3. The Morgan fingerprint density at radius 2 is 2.18 bits per heavy atom. The van der Waals surface area contributed by atoms with Crippen LogP contribution in [-0.2, 0) is 4.79 Å². The second-order valence-electron chi connectivity index (χ2n) is 3.86. The number of rotatable bonds is 5. The molecule has 17 heavy (non-hydrogen) atoms. The third-order valence-electron chi connectivity index (χ3n) is 2.62. The Kier molecular flexibility index (Phi) is 4.56. The van der Waals surface area contributed by atoms with Crippen molar-refractivity contribution >= 4 is 23.4 Å². The highest BCUT2D eigenvalue weighted by Gasteiger charge is 2.27. The molecule has 0 aliphatic rings. The average molecular weight is 257 g/mol. The van der Waals surface area contributed by atoms with E-state index in [9.17, 15) is 9.59 Å². The number of nitrogens with zero attached hydrogens (tertiary/aromatic N) is 2. The SMILES string of the molecule is CC[C@H](C)[C@H](NC(=O)c1snnc1C)C(=O)O. The van der Waals surface area contributed by atoms with E-state index in [1.807, 2.05) is 6.92 Å². The molecule has 0 saturated heterocycles. The van der Waals surface area contributed by atoms with Gasteiger partial charge in [-0.2, -0.15) is 0 Å². The van der Waals surface area contributed by atoms with Crippen LogP contribution in [0, 0.1) is 12.8 Å². The third kappa shape index (κ3) is 3.23. The van der Waals surface area contributed by atoms with Crippen molar-refractivity contribution in [1.82, 2.24) is 14.9 Å². The Bertz CT molecular complexity index is 419. The van der Waals surface area contributed by atoms with Gasteiger partial charge >= 0.3 is 5.97 Å². The van der Waals surface area contributed by atoms with Gasteiger partial charge in [0.05, 0.1) is 5.69 Å². The molecule has 1 heterocycles. The first-order valence-corrected chi connectivity index (χ1v) is 6.07. The van der Waals surface area contributed by atoms with E-state index >= 15 is 0 Å². The van der Waals surface area contributed by atoms with Crippen LogP contribution >= 0.6 is 11.5 Å². The van der Waals surface area contributed by atoms with E-state index in [4.69, 9.17) is 5.11 Å². The van der Waals surface area contributed by atoms with Gasteiger partial charge in [-0.1, -0.05) is 24.8 Å². The van der Waals surface area contributed by atoms with Crippen LogP contribution in [0.15, 0.2) is 0 Å². The molecule has 2 atom stereocenters. The standard InChI is InChI=1S/C10H15N3O3S/c1-4-5(2)7(10(15)16)11-9(14)8-6(3)12-13-17-8/h5,7H,4H2,1-3H3,(H,11,14)(H,15,16)/t5-,7-/m0/s1. The lowest BCUT2D eigenvalue weighted by atomic mass is 9.99. The number of carboxylic acid groups (broad SMARTS) is 1.